The van der Waals surface area contributed by atoms with E-state index >= 15 is 0 Å². The summed E-state index contributed by atoms with van der Waals surface area (Å²) < 4.78 is 16.3. The predicted molar refractivity (Wildman–Crippen MR) is 140 cm³/mol. The van der Waals surface area contributed by atoms with E-state index in [1.807, 2.05) is 30.3 Å². The maximum Gasteiger partial charge on any atom is 0.254 e. The van der Waals surface area contributed by atoms with Gasteiger partial charge in [-0.05, 0) is 61.2 Å². The molecule has 1 fully saturated rings. The number of methoxy groups -OCH3 is 2. The van der Waals surface area contributed by atoms with Crippen LogP contribution in [0.4, 0.5) is 0 Å². The Balaban J connectivity index is 1.53. The number of rotatable bonds is 11. The highest BCUT2D eigenvalue weighted by Gasteiger charge is 2.30. The molecule has 8 nitrogen and oxygen atoms in total. The fourth-order valence-electron chi connectivity index (χ4n) is 4.85. The van der Waals surface area contributed by atoms with Crippen molar-refractivity contribution in [1.82, 2.24) is 14.8 Å². The van der Waals surface area contributed by atoms with Gasteiger partial charge in [-0.3, -0.25) is 14.6 Å². The van der Waals surface area contributed by atoms with Crippen LogP contribution in [0.25, 0.3) is 0 Å². The number of hydrogen-bond acceptors (Lipinski definition) is 6. The molecule has 0 unspecified atom stereocenters. The van der Waals surface area contributed by atoms with Crippen LogP contribution in [0.3, 0.4) is 0 Å². The van der Waals surface area contributed by atoms with Gasteiger partial charge in [-0.25, -0.2) is 0 Å². The smallest absolute Gasteiger partial charge is 0.254 e. The molecule has 0 saturated heterocycles. The molecule has 2 aromatic heterocycles. The van der Waals surface area contributed by atoms with Crippen molar-refractivity contribution in [3.63, 3.8) is 0 Å². The molecule has 0 spiro atoms. The minimum absolute atomic E-state index is 0.0263. The lowest BCUT2D eigenvalue weighted by atomic mass is 9.93. The highest BCUT2D eigenvalue weighted by Crippen LogP contribution is 2.28. The molecule has 0 atom stereocenters. The molecule has 3 aromatic rings. The highest BCUT2D eigenvalue weighted by molar-refractivity contribution is 5.96. The highest BCUT2D eigenvalue weighted by atomic mass is 16.5. The number of aromatic nitrogens is 1. The van der Waals surface area contributed by atoms with E-state index < -0.39 is 0 Å². The summed E-state index contributed by atoms with van der Waals surface area (Å²) in [5, 5.41) is 0. The van der Waals surface area contributed by atoms with E-state index in [0.717, 1.165) is 37.7 Å². The Labute approximate surface area is 218 Å². The first-order valence-electron chi connectivity index (χ1n) is 12.8. The van der Waals surface area contributed by atoms with E-state index in [2.05, 4.69) is 4.98 Å². The van der Waals surface area contributed by atoms with Gasteiger partial charge in [0.15, 0.2) is 11.5 Å². The monoisotopic (exact) mass is 505 g/mol. The van der Waals surface area contributed by atoms with Crippen molar-refractivity contribution in [1.29, 1.82) is 0 Å². The first kappa shape index (κ1) is 26.3. The summed E-state index contributed by atoms with van der Waals surface area (Å²) >= 11 is 0. The summed E-state index contributed by atoms with van der Waals surface area (Å²) in [7, 11) is 3.21. The van der Waals surface area contributed by atoms with Crippen molar-refractivity contribution in [2.75, 3.05) is 27.3 Å². The molecule has 2 heterocycles. The molecule has 0 bridgehead atoms. The zero-order valence-electron chi connectivity index (χ0n) is 21.6. The Kier molecular flexibility index (Phi) is 9.18. The lowest BCUT2D eigenvalue weighted by Crippen LogP contribution is -2.48. The minimum atomic E-state index is -0.125. The average molecular weight is 506 g/mol. The second-order valence-corrected chi connectivity index (χ2v) is 9.29. The molecule has 1 aliphatic carbocycles. The van der Waals surface area contributed by atoms with Crippen molar-refractivity contribution in [3.8, 4) is 11.5 Å². The summed E-state index contributed by atoms with van der Waals surface area (Å²) in [4.78, 5) is 34.8. The van der Waals surface area contributed by atoms with E-state index in [1.165, 1.54) is 0 Å². The zero-order valence-corrected chi connectivity index (χ0v) is 21.6. The molecule has 0 radical (unpaired) electrons. The molecule has 196 valence electrons. The molecule has 0 aliphatic heterocycles. The van der Waals surface area contributed by atoms with Crippen LogP contribution in [0.2, 0.25) is 0 Å². The van der Waals surface area contributed by atoms with Gasteiger partial charge in [-0.1, -0.05) is 25.3 Å². The Morgan fingerprint density at radius 3 is 2.43 bits per heavy atom. The third-order valence-electron chi connectivity index (χ3n) is 6.91. The Hall–Kier alpha value is -3.81. The van der Waals surface area contributed by atoms with Gasteiger partial charge in [0.25, 0.3) is 5.91 Å². The van der Waals surface area contributed by atoms with Crippen molar-refractivity contribution in [3.05, 3.63) is 78.0 Å². The quantitative estimate of drug-likeness (QED) is 0.374. The molecular weight excluding hydrogens is 470 g/mol. The van der Waals surface area contributed by atoms with Crippen molar-refractivity contribution >= 4 is 11.8 Å². The Morgan fingerprint density at radius 1 is 1.00 bits per heavy atom. The van der Waals surface area contributed by atoms with Crippen LogP contribution in [0, 0.1) is 0 Å². The predicted octanol–water partition coefficient (Wildman–Crippen LogP) is 4.74. The third-order valence-corrected chi connectivity index (χ3v) is 6.91. The second kappa shape index (κ2) is 12.9. The lowest BCUT2D eigenvalue weighted by molar-refractivity contribution is -0.133. The largest absolute Gasteiger partial charge is 0.493 e. The summed E-state index contributed by atoms with van der Waals surface area (Å²) in [5.41, 5.74) is 1.57. The number of ether oxygens (including phenoxy) is 2. The molecule has 37 heavy (non-hydrogen) atoms. The van der Waals surface area contributed by atoms with E-state index in [-0.39, 0.29) is 24.4 Å². The summed E-state index contributed by atoms with van der Waals surface area (Å²) in [6, 6.07) is 12.9. The van der Waals surface area contributed by atoms with Gasteiger partial charge in [0, 0.05) is 30.5 Å². The maximum atomic E-state index is 13.7. The van der Waals surface area contributed by atoms with Crippen molar-refractivity contribution in [2.24, 2.45) is 0 Å². The Bertz CT molecular complexity index is 1140. The minimum Gasteiger partial charge on any atom is -0.493 e. The lowest BCUT2D eigenvalue weighted by Gasteiger charge is -2.35. The van der Waals surface area contributed by atoms with E-state index in [1.54, 1.807) is 54.8 Å². The Morgan fingerprint density at radius 2 is 1.76 bits per heavy atom. The van der Waals surface area contributed by atoms with Gasteiger partial charge in [-0.2, -0.15) is 0 Å². The molecule has 4 rings (SSSR count). The van der Waals surface area contributed by atoms with Crippen LogP contribution < -0.4 is 9.47 Å². The summed E-state index contributed by atoms with van der Waals surface area (Å²) in [6.45, 7) is 0.830. The fourth-order valence-corrected chi connectivity index (χ4v) is 4.85. The molecular formula is C29H35N3O5. The van der Waals surface area contributed by atoms with Gasteiger partial charge in [-0.15, -0.1) is 0 Å². The van der Waals surface area contributed by atoms with Gasteiger partial charge in [0.05, 0.1) is 27.0 Å². The zero-order chi connectivity index (χ0) is 26.0. The van der Waals surface area contributed by atoms with Crippen LogP contribution in [0.5, 0.6) is 11.5 Å². The number of carbonyl (C=O) groups excluding carboxylic acids is 2. The number of nitrogens with zero attached hydrogens (tertiary/aromatic N) is 3. The van der Waals surface area contributed by atoms with Crippen LogP contribution in [-0.2, 0) is 17.8 Å². The molecule has 0 N–H and O–H groups in total. The number of amides is 2. The number of hydrogen-bond donors (Lipinski definition) is 0. The van der Waals surface area contributed by atoms with Crippen LogP contribution in [-0.4, -0.2) is 59.9 Å². The van der Waals surface area contributed by atoms with E-state index in [9.17, 15) is 9.59 Å². The maximum absolute atomic E-state index is 13.7. The molecule has 8 heteroatoms. The summed E-state index contributed by atoms with van der Waals surface area (Å²) in [6.07, 6.45) is 10.6. The number of carbonyl (C=O) groups is 2. The van der Waals surface area contributed by atoms with Crippen molar-refractivity contribution < 1.29 is 23.5 Å². The average Bonchev–Trinajstić information content (AvgIpc) is 3.47. The number of pyridine rings is 1. The first-order valence-corrected chi connectivity index (χ1v) is 12.8. The van der Waals surface area contributed by atoms with Crippen LogP contribution in [0.1, 0.15) is 53.8 Å². The first-order chi connectivity index (χ1) is 18.1. The number of furan rings is 1. The van der Waals surface area contributed by atoms with E-state index in [0.29, 0.717) is 42.3 Å². The van der Waals surface area contributed by atoms with Gasteiger partial charge in [0.1, 0.15) is 12.3 Å². The number of benzene rings is 1. The van der Waals surface area contributed by atoms with Gasteiger partial charge >= 0.3 is 0 Å². The topological polar surface area (TPSA) is 85.1 Å². The van der Waals surface area contributed by atoms with Crippen molar-refractivity contribution in [2.45, 2.75) is 51.1 Å². The van der Waals surface area contributed by atoms with Crippen LogP contribution >= 0.6 is 0 Å². The second-order valence-electron chi connectivity index (χ2n) is 9.29. The normalized spacial score (nSPS) is 13.7. The third kappa shape index (κ3) is 6.90. The molecule has 1 saturated carbocycles. The van der Waals surface area contributed by atoms with E-state index in [4.69, 9.17) is 13.9 Å². The molecule has 2 amide bonds. The molecule has 1 aromatic carbocycles. The van der Waals surface area contributed by atoms with Gasteiger partial charge < -0.3 is 23.7 Å². The SMILES string of the molecule is COc1ccc(CCN(Cc2ccco2)C(=O)CN(C(=O)c2ccncc2)C2CCCCC2)cc1OC. The van der Waals surface area contributed by atoms with Crippen LogP contribution in [0.15, 0.2) is 65.5 Å². The fraction of sp³-hybridized carbons (Fsp3) is 0.414. The molecule has 1 aliphatic rings. The standard InChI is InChI=1S/C29H35N3O5/c1-35-26-11-10-22(19-27(26)36-2)14-17-31(20-25-9-6-18-37-25)28(33)21-32(24-7-4-3-5-8-24)29(34)23-12-15-30-16-13-23/h6,9-13,15-16,18-19,24H,3-5,7-8,14,17,20-21H2,1-2H3. The van der Waals surface area contributed by atoms with Gasteiger partial charge in [0.2, 0.25) is 5.91 Å². The summed E-state index contributed by atoms with van der Waals surface area (Å²) in [5.74, 6) is 1.78.